The third-order valence-corrected chi connectivity index (χ3v) is 5.83. The molecule has 0 aliphatic carbocycles. The van der Waals surface area contributed by atoms with E-state index in [1.165, 1.54) is 30.0 Å². The number of nitrogens with zero attached hydrogens (tertiary/aromatic N) is 1. The molecule has 1 aromatic rings. The van der Waals surface area contributed by atoms with Crippen LogP contribution in [-0.2, 0) is 19.1 Å². The molecular formula is C20H23ClN2O6S. The van der Waals surface area contributed by atoms with Crippen LogP contribution in [0.2, 0.25) is 0 Å². The Morgan fingerprint density at radius 1 is 1.23 bits per heavy atom. The van der Waals surface area contributed by atoms with Gasteiger partial charge in [0.25, 0.3) is 5.69 Å². The van der Waals surface area contributed by atoms with Crippen LogP contribution in [0.5, 0.6) is 0 Å². The average molecular weight is 455 g/mol. The number of halogens is 1. The van der Waals surface area contributed by atoms with Gasteiger partial charge in [-0.15, -0.1) is 23.4 Å². The van der Waals surface area contributed by atoms with Crippen LogP contribution in [0.15, 0.2) is 46.8 Å². The highest BCUT2D eigenvalue weighted by Gasteiger charge is 2.40. The number of allylic oxidation sites excluding steroid dienone is 1. The van der Waals surface area contributed by atoms with E-state index in [0.717, 1.165) is 0 Å². The van der Waals surface area contributed by atoms with E-state index in [4.69, 9.17) is 21.1 Å². The number of esters is 2. The van der Waals surface area contributed by atoms with Crippen LogP contribution < -0.4 is 5.32 Å². The van der Waals surface area contributed by atoms with E-state index < -0.39 is 27.5 Å². The number of ether oxygens (including phenoxy) is 2. The van der Waals surface area contributed by atoms with E-state index in [-0.39, 0.29) is 30.0 Å². The summed E-state index contributed by atoms with van der Waals surface area (Å²) in [5.74, 6) is -2.23. The van der Waals surface area contributed by atoms with Crippen molar-refractivity contribution in [3.8, 4) is 0 Å². The Hall–Kier alpha value is -2.52. The fourth-order valence-corrected chi connectivity index (χ4v) is 3.81. The smallest absolute Gasteiger partial charge is 0.336 e. The summed E-state index contributed by atoms with van der Waals surface area (Å²) in [6.07, 6.45) is 1.78. The second-order valence-corrected chi connectivity index (χ2v) is 7.91. The molecular weight excluding hydrogens is 432 g/mol. The third-order valence-electron chi connectivity index (χ3n) is 4.43. The number of nitrogens with one attached hydrogen (secondary N) is 1. The summed E-state index contributed by atoms with van der Waals surface area (Å²) in [6, 6.07) is 5.80. The predicted molar refractivity (Wildman–Crippen MR) is 115 cm³/mol. The molecule has 0 aromatic heterocycles. The molecule has 30 heavy (non-hydrogen) atoms. The maximum Gasteiger partial charge on any atom is 0.336 e. The second-order valence-electron chi connectivity index (χ2n) is 6.27. The van der Waals surface area contributed by atoms with E-state index in [1.807, 2.05) is 0 Å². The number of hydrogen-bond donors (Lipinski definition) is 1. The Balaban J connectivity index is 2.80. The topological polar surface area (TPSA) is 108 Å². The zero-order valence-corrected chi connectivity index (χ0v) is 18.6. The number of benzene rings is 1. The fourth-order valence-electron chi connectivity index (χ4n) is 3.22. The van der Waals surface area contributed by atoms with Crippen molar-refractivity contribution >= 4 is 41.0 Å². The van der Waals surface area contributed by atoms with Crippen molar-refractivity contribution in [1.29, 1.82) is 0 Å². The minimum atomic E-state index is -0.937. The van der Waals surface area contributed by atoms with Crippen LogP contribution in [-0.4, -0.2) is 41.0 Å². The van der Waals surface area contributed by atoms with Crippen molar-refractivity contribution in [2.75, 3.05) is 19.5 Å². The van der Waals surface area contributed by atoms with E-state index in [1.54, 1.807) is 33.1 Å². The average Bonchev–Trinajstić information content (AvgIpc) is 2.72. The SMILES string of the molecule is CCOC(=O)C1=C(C)NC(C(Cl)SC)=C(C(=O)OCC)C1c1cccc([N+](=O)[O-])c1. The molecule has 0 fully saturated rings. The lowest BCUT2D eigenvalue weighted by molar-refractivity contribution is -0.384. The monoisotopic (exact) mass is 454 g/mol. The highest BCUT2D eigenvalue weighted by molar-refractivity contribution is 8.00. The van der Waals surface area contributed by atoms with Gasteiger partial charge < -0.3 is 14.8 Å². The highest BCUT2D eigenvalue weighted by atomic mass is 35.5. The molecule has 8 nitrogen and oxygen atoms in total. The summed E-state index contributed by atoms with van der Waals surface area (Å²) in [5, 5.41) is 14.4. The second kappa shape index (κ2) is 10.5. The van der Waals surface area contributed by atoms with Gasteiger partial charge in [0.15, 0.2) is 0 Å². The van der Waals surface area contributed by atoms with Crippen molar-refractivity contribution < 1.29 is 24.0 Å². The number of hydrogen-bond acceptors (Lipinski definition) is 8. The lowest BCUT2D eigenvalue weighted by atomic mass is 9.80. The van der Waals surface area contributed by atoms with Crippen LogP contribution in [0.1, 0.15) is 32.3 Å². The molecule has 162 valence electrons. The number of carbonyl (C=O) groups excluding carboxylic acids is 2. The number of nitro groups is 1. The minimum absolute atomic E-state index is 0.112. The number of non-ortho nitro benzene ring substituents is 1. The van der Waals surface area contributed by atoms with Crippen LogP contribution in [0.4, 0.5) is 5.69 Å². The first-order chi connectivity index (χ1) is 14.3. The molecule has 0 spiro atoms. The zero-order valence-electron chi connectivity index (χ0n) is 17.1. The van der Waals surface area contributed by atoms with Crippen LogP contribution in [0.25, 0.3) is 0 Å². The maximum absolute atomic E-state index is 13.0. The quantitative estimate of drug-likeness (QED) is 0.273. The molecule has 2 atom stereocenters. The van der Waals surface area contributed by atoms with E-state index in [2.05, 4.69) is 5.32 Å². The fraction of sp³-hybridized carbons (Fsp3) is 0.400. The van der Waals surface area contributed by atoms with Crippen molar-refractivity contribution in [1.82, 2.24) is 5.32 Å². The largest absolute Gasteiger partial charge is 0.463 e. The molecule has 0 bridgehead atoms. The Kier molecular flexibility index (Phi) is 8.31. The van der Waals surface area contributed by atoms with Crippen molar-refractivity contribution in [3.05, 3.63) is 62.5 Å². The molecule has 2 unspecified atom stereocenters. The van der Waals surface area contributed by atoms with Gasteiger partial charge >= 0.3 is 11.9 Å². The first kappa shape index (κ1) is 23.8. The molecule has 1 aliphatic rings. The number of alkyl halides is 1. The third kappa shape index (κ3) is 4.96. The van der Waals surface area contributed by atoms with E-state index in [9.17, 15) is 19.7 Å². The molecule has 1 aromatic carbocycles. The first-order valence-electron chi connectivity index (χ1n) is 9.24. The summed E-state index contributed by atoms with van der Waals surface area (Å²) < 4.78 is 9.82. The van der Waals surface area contributed by atoms with Crippen molar-refractivity contribution in [2.45, 2.75) is 31.4 Å². The molecule has 0 radical (unpaired) electrons. The normalized spacial score (nSPS) is 17.3. The summed E-state index contributed by atoms with van der Waals surface area (Å²) in [5.41, 5.74) is 1.36. The molecule has 1 heterocycles. The molecule has 0 saturated heterocycles. The molecule has 1 N–H and O–H groups in total. The number of nitro benzene ring substituents is 1. The number of rotatable bonds is 8. The molecule has 10 heteroatoms. The molecule has 0 saturated carbocycles. The summed E-state index contributed by atoms with van der Waals surface area (Å²) in [7, 11) is 0. The van der Waals surface area contributed by atoms with Gasteiger partial charge in [0.05, 0.1) is 40.9 Å². The predicted octanol–water partition coefficient (Wildman–Crippen LogP) is 3.86. The first-order valence-corrected chi connectivity index (χ1v) is 11.0. The van der Waals surface area contributed by atoms with Crippen molar-refractivity contribution in [2.24, 2.45) is 0 Å². The standard InChI is InChI=1S/C20H23ClN2O6S/c1-5-28-19(24)14-11(3)22-17(18(21)30-4)16(20(25)29-6-2)15(14)12-8-7-9-13(10-12)23(26)27/h7-10,15,18,22H,5-6H2,1-4H3. The van der Waals surface area contributed by atoms with Gasteiger partial charge in [0.1, 0.15) is 4.71 Å². The zero-order chi connectivity index (χ0) is 22.4. The summed E-state index contributed by atoms with van der Waals surface area (Å²) in [4.78, 5) is 36.6. The lowest BCUT2D eigenvalue weighted by Crippen LogP contribution is -2.35. The molecule has 2 rings (SSSR count). The lowest BCUT2D eigenvalue weighted by Gasteiger charge is -2.32. The van der Waals surface area contributed by atoms with Gasteiger partial charge in [-0.25, -0.2) is 9.59 Å². The molecule has 1 aliphatic heterocycles. The maximum atomic E-state index is 13.0. The highest BCUT2D eigenvalue weighted by Crippen LogP contribution is 2.42. The van der Waals surface area contributed by atoms with Crippen LogP contribution >= 0.6 is 23.4 Å². The van der Waals surface area contributed by atoms with E-state index >= 15 is 0 Å². The number of carbonyl (C=O) groups is 2. The Bertz CT molecular complexity index is 914. The number of dihydropyridines is 1. The summed E-state index contributed by atoms with van der Waals surface area (Å²) in [6.45, 7) is 5.24. The van der Waals surface area contributed by atoms with E-state index in [0.29, 0.717) is 17.0 Å². The summed E-state index contributed by atoms with van der Waals surface area (Å²) >= 11 is 7.75. The van der Waals surface area contributed by atoms with Crippen molar-refractivity contribution in [3.63, 3.8) is 0 Å². The van der Waals surface area contributed by atoms with Gasteiger partial charge in [-0.05, 0) is 32.6 Å². The van der Waals surface area contributed by atoms with Gasteiger partial charge in [0.2, 0.25) is 0 Å². The molecule has 0 amide bonds. The Morgan fingerprint density at radius 3 is 2.37 bits per heavy atom. The Labute approximate surface area is 183 Å². The van der Waals surface area contributed by atoms with Crippen LogP contribution in [0, 0.1) is 10.1 Å². The van der Waals surface area contributed by atoms with Gasteiger partial charge in [-0.1, -0.05) is 12.1 Å². The van der Waals surface area contributed by atoms with Gasteiger partial charge in [-0.2, -0.15) is 0 Å². The van der Waals surface area contributed by atoms with Gasteiger partial charge in [0, 0.05) is 17.8 Å². The minimum Gasteiger partial charge on any atom is -0.463 e. The van der Waals surface area contributed by atoms with Gasteiger partial charge in [-0.3, -0.25) is 10.1 Å². The Morgan fingerprint density at radius 2 is 1.83 bits per heavy atom. The number of thioether (sulfide) groups is 1. The van der Waals surface area contributed by atoms with Crippen LogP contribution in [0.3, 0.4) is 0 Å².